The fourth-order valence-corrected chi connectivity index (χ4v) is 0.487. The van der Waals surface area contributed by atoms with E-state index in [1.165, 1.54) is 0 Å². The first kappa shape index (κ1) is 15.5. The molecular weight excluding hydrogens is 244 g/mol. The van der Waals surface area contributed by atoms with Crippen molar-refractivity contribution in [1.29, 1.82) is 0 Å². The summed E-state index contributed by atoms with van der Waals surface area (Å²) in [4.78, 5) is 9.78. The Hall–Kier alpha value is -0.950. The smallest absolute Gasteiger partial charge is 0.352 e. The van der Waals surface area contributed by atoms with Gasteiger partial charge < -0.3 is 11.1 Å². The summed E-state index contributed by atoms with van der Waals surface area (Å²) in [6, 6.07) is -0.993. The van der Waals surface area contributed by atoms with Crippen LogP contribution in [-0.2, 0) is 20.5 Å². The van der Waals surface area contributed by atoms with Gasteiger partial charge >= 0.3 is 16.4 Å². The van der Waals surface area contributed by atoms with Crippen molar-refractivity contribution in [1.82, 2.24) is 5.32 Å². The van der Waals surface area contributed by atoms with Gasteiger partial charge in [-0.3, -0.25) is 13.7 Å². The number of primary amides is 1. The number of urea groups is 1. The van der Waals surface area contributed by atoms with Gasteiger partial charge in [0.25, 0.3) is 10.1 Å². The summed E-state index contributed by atoms with van der Waals surface area (Å²) in [5.74, 6) is -0.845. The molecule has 0 aliphatic rings. The molecule has 0 unspecified atom stereocenters. The van der Waals surface area contributed by atoms with Crippen LogP contribution in [0.3, 0.4) is 0 Å². The molecule has 0 aromatic rings. The SMILES string of the molecule is NC(=O)NCS(=O)(=O)O.O=S(=O)(O)O. The molecule has 0 saturated heterocycles. The molecular formula is C2H8N2O8S2. The molecule has 0 aliphatic heterocycles. The molecule has 2 amide bonds. The van der Waals surface area contributed by atoms with E-state index in [0.29, 0.717) is 0 Å². The van der Waals surface area contributed by atoms with Gasteiger partial charge in [0.1, 0.15) is 5.88 Å². The summed E-state index contributed by atoms with van der Waals surface area (Å²) in [6.45, 7) is 0. The fraction of sp³-hybridized carbons (Fsp3) is 0.500. The second-order valence-electron chi connectivity index (χ2n) is 1.72. The van der Waals surface area contributed by atoms with E-state index in [-0.39, 0.29) is 0 Å². The lowest BCUT2D eigenvalue weighted by molar-refractivity contribution is 0.250. The molecule has 0 fully saturated rings. The van der Waals surface area contributed by atoms with Gasteiger partial charge in [0, 0.05) is 0 Å². The van der Waals surface area contributed by atoms with Crippen molar-refractivity contribution < 1.29 is 35.3 Å². The normalized spacial score (nSPS) is 11.1. The molecule has 0 bridgehead atoms. The lowest BCUT2D eigenvalue weighted by atomic mass is 11.0. The second kappa shape index (κ2) is 5.71. The maximum atomic E-state index is 9.82. The molecule has 0 spiro atoms. The van der Waals surface area contributed by atoms with E-state index in [9.17, 15) is 13.2 Å². The number of nitrogens with two attached hydrogens (primary N) is 1. The molecule has 14 heavy (non-hydrogen) atoms. The number of hydrogen-bond acceptors (Lipinski definition) is 5. The highest BCUT2D eigenvalue weighted by atomic mass is 32.3. The molecule has 6 N–H and O–H groups in total. The van der Waals surface area contributed by atoms with Crippen molar-refractivity contribution in [2.45, 2.75) is 0 Å². The Morgan fingerprint density at radius 1 is 1.14 bits per heavy atom. The average Bonchev–Trinajstić information content (AvgIpc) is 1.77. The maximum absolute atomic E-state index is 9.82. The van der Waals surface area contributed by atoms with Crippen LogP contribution in [0.15, 0.2) is 0 Å². The molecule has 0 radical (unpaired) electrons. The van der Waals surface area contributed by atoms with E-state index in [4.69, 9.17) is 22.1 Å². The minimum Gasteiger partial charge on any atom is -0.352 e. The molecule has 0 aromatic heterocycles. The third-order valence-electron chi connectivity index (χ3n) is 0.429. The molecule has 10 nitrogen and oxygen atoms in total. The minimum atomic E-state index is -4.67. The van der Waals surface area contributed by atoms with Gasteiger partial charge in [-0.05, 0) is 0 Å². The van der Waals surface area contributed by atoms with E-state index < -0.39 is 32.4 Å². The van der Waals surface area contributed by atoms with Gasteiger partial charge in [0.15, 0.2) is 0 Å². The van der Waals surface area contributed by atoms with Crippen molar-refractivity contribution in [3.63, 3.8) is 0 Å². The summed E-state index contributed by atoms with van der Waals surface area (Å²) < 4.78 is 59.2. The Kier molecular flexibility index (Phi) is 6.33. The number of hydrogen-bond donors (Lipinski definition) is 5. The van der Waals surface area contributed by atoms with Gasteiger partial charge in [-0.25, -0.2) is 4.79 Å². The summed E-state index contributed by atoms with van der Waals surface area (Å²) >= 11 is 0. The Morgan fingerprint density at radius 2 is 1.43 bits per heavy atom. The Balaban J connectivity index is 0. The summed E-state index contributed by atoms with van der Waals surface area (Å²) in [5.41, 5.74) is 4.47. The van der Waals surface area contributed by atoms with Crippen molar-refractivity contribution >= 4 is 26.5 Å². The lowest BCUT2D eigenvalue weighted by Gasteiger charge is -1.94. The average molecular weight is 252 g/mol. The van der Waals surface area contributed by atoms with Crippen LogP contribution < -0.4 is 11.1 Å². The van der Waals surface area contributed by atoms with Crippen LogP contribution >= 0.6 is 0 Å². The zero-order chi connectivity index (χ0) is 12.0. The summed E-state index contributed by atoms with van der Waals surface area (Å²) in [7, 11) is -8.80. The summed E-state index contributed by atoms with van der Waals surface area (Å²) in [5, 5.41) is 1.69. The van der Waals surface area contributed by atoms with E-state index in [1.54, 1.807) is 5.32 Å². The predicted octanol–water partition coefficient (Wildman–Crippen LogP) is -2.15. The zero-order valence-corrected chi connectivity index (χ0v) is 8.12. The van der Waals surface area contributed by atoms with Crippen molar-refractivity contribution in [3.8, 4) is 0 Å². The van der Waals surface area contributed by atoms with Crippen LogP contribution in [0.5, 0.6) is 0 Å². The van der Waals surface area contributed by atoms with Crippen molar-refractivity contribution in [3.05, 3.63) is 0 Å². The summed E-state index contributed by atoms with van der Waals surface area (Å²) in [6.07, 6.45) is 0. The molecule has 12 heteroatoms. The molecule has 0 saturated carbocycles. The first-order chi connectivity index (χ1) is 5.92. The largest absolute Gasteiger partial charge is 0.394 e. The first-order valence-electron chi connectivity index (χ1n) is 2.60. The van der Waals surface area contributed by atoms with Crippen molar-refractivity contribution in [2.24, 2.45) is 5.73 Å². The highest BCUT2D eigenvalue weighted by molar-refractivity contribution is 7.85. The molecule has 0 aliphatic carbocycles. The third-order valence-corrected chi connectivity index (χ3v) is 0.938. The monoisotopic (exact) mass is 252 g/mol. The van der Waals surface area contributed by atoms with Crippen LogP contribution in [0.1, 0.15) is 0 Å². The quantitative estimate of drug-likeness (QED) is 0.344. The van der Waals surface area contributed by atoms with Gasteiger partial charge in [0.2, 0.25) is 0 Å². The van der Waals surface area contributed by atoms with Crippen LogP contribution in [0, 0.1) is 0 Å². The van der Waals surface area contributed by atoms with Gasteiger partial charge in [-0.15, -0.1) is 0 Å². The van der Waals surface area contributed by atoms with Crippen molar-refractivity contribution in [2.75, 3.05) is 5.88 Å². The Bertz CT molecular complexity index is 358. The first-order valence-corrected chi connectivity index (χ1v) is 5.61. The van der Waals surface area contributed by atoms with Crippen LogP contribution in [0.2, 0.25) is 0 Å². The molecule has 0 aromatic carbocycles. The highest BCUT2D eigenvalue weighted by Crippen LogP contribution is 1.74. The highest BCUT2D eigenvalue weighted by Gasteiger charge is 2.03. The van der Waals surface area contributed by atoms with Gasteiger partial charge in [-0.1, -0.05) is 0 Å². The third kappa shape index (κ3) is 43.8. The maximum Gasteiger partial charge on any atom is 0.394 e. The minimum absolute atomic E-state index is 0.845. The number of carbonyl (C=O) groups is 1. The second-order valence-corrected chi connectivity index (χ2v) is 4.06. The number of nitrogens with one attached hydrogen (secondary N) is 1. The molecule has 0 heterocycles. The molecule has 86 valence electrons. The van der Waals surface area contributed by atoms with E-state index in [2.05, 4.69) is 5.73 Å². The number of carbonyl (C=O) groups excluding carboxylic acids is 1. The van der Waals surface area contributed by atoms with Gasteiger partial charge in [-0.2, -0.15) is 16.8 Å². The topological polar surface area (TPSA) is 184 Å². The Morgan fingerprint density at radius 3 is 1.50 bits per heavy atom. The van der Waals surface area contributed by atoms with E-state index in [1.807, 2.05) is 0 Å². The lowest BCUT2D eigenvalue weighted by Crippen LogP contribution is -2.33. The standard InChI is InChI=1S/C2H6N2O4S.H2O4S/c3-2(5)4-1-9(6,7)8;1-5(2,3)4/h1H2,(H3,3,4,5)(H,6,7,8);(H2,1,2,3,4). The number of amides is 2. The predicted molar refractivity (Wildman–Crippen MR) is 43.3 cm³/mol. The van der Waals surface area contributed by atoms with E-state index in [0.717, 1.165) is 0 Å². The number of rotatable bonds is 2. The Labute approximate surface area is 79.4 Å². The molecule has 0 atom stereocenters. The molecule has 0 rings (SSSR count). The fourth-order valence-electron chi connectivity index (χ4n) is 0.162. The zero-order valence-electron chi connectivity index (χ0n) is 6.48. The van der Waals surface area contributed by atoms with Crippen LogP contribution in [-0.4, -0.2) is 42.4 Å². The van der Waals surface area contributed by atoms with Crippen LogP contribution in [0.25, 0.3) is 0 Å². The van der Waals surface area contributed by atoms with E-state index >= 15 is 0 Å². The van der Waals surface area contributed by atoms with Gasteiger partial charge in [0.05, 0.1) is 0 Å². The van der Waals surface area contributed by atoms with Crippen LogP contribution in [0.4, 0.5) is 4.79 Å².